The number of phosphoric acid groups is 1. The van der Waals surface area contributed by atoms with E-state index in [0.29, 0.717) is 0 Å². The molecule has 1 aromatic carbocycles. The lowest BCUT2D eigenvalue weighted by atomic mass is 9.97. The number of aryl methyl sites for hydroxylation is 1. The van der Waals surface area contributed by atoms with Crippen molar-refractivity contribution in [3.63, 3.8) is 0 Å². The average molecular weight is 343 g/mol. The summed E-state index contributed by atoms with van der Waals surface area (Å²) in [7, 11) is -4.64. The van der Waals surface area contributed by atoms with Gasteiger partial charge >= 0.3 is 7.82 Å². The van der Waals surface area contributed by atoms with Gasteiger partial charge in [-0.05, 0) is 32.9 Å². The molecule has 1 aromatic rings. The van der Waals surface area contributed by atoms with E-state index < -0.39 is 7.82 Å². The quantitative estimate of drug-likeness (QED) is 0.573. The summed E-state index contributed by atoms with van der Waals surface area (Å²) in [5, 5.41) is 0. The topological polar surface area (TPSA) is 98.1 Å². The number of likely N-dealkylation sites (tertiary alicyclic amines) is 1. The largest absolute Gasteiger partial charge is 0.466 e. The minimum absolute atomic E-state index is 0.103. The molecule has 1 atom stereocenters. The molecule has 2 rings (SSSR count). The van der Waals surface area contributed by atoms with Gasteiger partial charge in [0.05, 0.1) is 0 Å². The molecular formula is C16H26NO5P. The molecule has 7 heteroatoms. The van der Waals surface area contributed by atoms with Crippen LogP contribution in [-0.2, 0) is 4.57 Å². The monoisotopic (exact) mass is 343 g/mol. The van der Waals surface area contributed by atoms with Gasteiger partial charge < -0.3 is 19.6 Å². The summed E-state index contributed by atoms with van der Waals surface area (Å²) < 4.78 is 8.88. The normalized spacial score (nSPS) is 17.1. The third-order valence-electron chi connectivity index (χ3n) is 3.76. The van der Waals surface area contributed by atoms with E-state index in [4.69, 9.17) is 19.2 Å². The Bertz CT molecular complexity index is 526. The summed E-state index contributed by atoms with van der Waals surface area (Å²) in [5.41, 5.74) is 2.06. The number of rotatable bonds is 4. The van der Waals surface area contributed by atoms with Gasteiger partial charge in [0, 0.05) is 18.0 Å². The molecule has 3 N–H and O–H groups in total. The van der Waals surface area contributed by atoms with Crippen molar-refractivity contribution in [3.8, 4) is 0 Å². The standard InChI is InChI=1S/C16H23NO.H3O4P/c1-13-6-8-15(9-7-13)16(18)14(2)12-17-10-4-3-5-11-17;1-5(2,3)4/h6-9,14H,3-5,10-12H2,1-2H3;(H3,1,2,3,4)/t14-;/m0./s1. The summed E-state index contributed by atoms with van der Waals surface area (Å²) in [6.07, 6.45) is 3.91. The van der Waals surface area contributed by atoms with Crippen LogP contribution >= 0.6 is 7.82 Å². The lowest BCUT2D eigenvalue weighted by Gasteiger charge is -2.28. The van der Waals surface area contributed by atoms with Crippen molar-refractivity contribution < 1.29 is 24.0 Å². The molecule has 0 saturated carbocycles. The minimum atomic E-state index is -4.64. The zero-order valence-electron chi connectivity index (χ0n) is 13.7. The second-order valence-electron chi connectivity index (χ2n) is 6.01. The average Bonchev–Trinajstić information content (AvgIpc) is 2.46. The zero-order valence-corrected chi connectivity index (χ0v) is 14.6. The molecule has 0 bridgehead atoms. The second-order valence-corrected chi connectivity index (χ2v) is 7.03. The maximum Gasteiger partial charge on any atom is 0.466 e. The van der Waals surface area contributed by atoms with E-state index in [9.17, 15) is 4.79 Å². The van der Waals surface area contributed by atoms with Gasteiger partial charge in [0.2, 0.25) is 0 Å². The van der Waals surface area contributed by atoms with Crippen molar-refractivity contribution in [2.45, 2.75) is 33.1 Å². The van der Waals surface area contributed by atoms with E-state index in [1.54, 1.807) is 0 Å². The van der Waals surface area contributed by atoms with Crippen LogP contribution in [0.5, 0.6) is 0 Å². The number of nitrogens with zero attached hydrogens (tertiary/aromatic N) is 1. The smallest absolute Gasteiger partial charge is 0.303 e. The fraction of sp³-hybridized carbons (Fsp3) is 0.562. The van der Waals surface area contributed by atoms with Gasteiger partial charge in [-0.2, -0.15) is 0 Å². The summed E-state index contributed by atoms with van der Waals surface area (Å²) in [6.45, 7) is 7.33. The molecule has 0 aromatic heterocycles. The Balaban J connectivity index is 0.000000463. The van der Waals surface area contributed by atoms with Crippen molar-refractivity contribution in [1.29, 1.82) is 0 Å². The SMILES string of the molecule is Cc1ccc(C(=O)[C@@H](C)CN2CCCCC2)cc1.O=P(O)(O)O. The maximum atomic E-state index is 12.3. The Kier molecular flexibility index (Phi) is 8.09. The van der Waals surface area contributed by atoms with Gasteiger partial charge in [0.25, 0.3) is 0 Å². The van der Waals surface area contributed by atoms with Gasteiger partial charge in [-0.1, -0.05) is 43.2 Å². The van der Waals surface area contributed by atoms with Gasteiger partial charge in [-0.15, -0.1) is 0 Å². The van der Waals surface area contributed by atoms with Crippen molar-refractivity contribution in [2.75, 3.05) is 19.6 Å². The Labute approximate surface area is 137 Å². The Morgan fingerprint density at radius 3 is 2.09 bits per heavy atom. The van der Waals surface area contributed by atoms with Crippen molar-refractivity contribution in [1.82, 2.24) is 4.90 Å². The molecule has 1 saturated heterocycles. The first-order chi connectivity index (χ1) is 10.7. The van der Waals surface area contributed by atoms with E-state index in [2.05, 4.69) is 11.8 Å². The highest BCUT2D eigenvalue weighted by Crippen LogP contribution is 2.25. The number of ketones is 1. The molecule has 0 radical (unpaired) electrons. The van der Waals surface area contributed by atoms with Gasteiger partial charge in [0.1, 0.15) is 0 Å². The third kappa shape index (κ3) is 8.98. The van der Waals surface area contributed by atoms with Crippen LogP contribution in [-0.4, -0.2) is 45.0 Å². The van der Waals surface area contributed by atoms with Gasteiger partial charge in [0.15, 0.2) is 5.78 Å². The first-order valence-corrected chi connectivity index (χ1v) is 9.35. The third-order valence-corrected chi connectivity index (χ3v) is 3.76. The minimum Gasteiger partial charge on any atom is -0.303 e. The van der Waals surface area contributed by atoms with E-state index in [-0.39, 0.29) is 11.7 Å². The highest BCUT2D eigenvalue weighted by Gasteiger charge is 2.19. The summed E-state index contributed by atoms with van der Waals surface area (Å²) in [5.74, 6) is 0.381. The van der Waals surface area contributed by atoms with E-state index in [1.807, 2.05) is 31.2 Å². The fourth-order valence-corrected chi connectivity index (χ4v) is 2.61. The fourth-order valence-electron chi connectivity index (χ4n) is 2.61. The number of piperidine rings is 1. The number of benzene rings is 1. The summed E-state index contributed by atoms with van der Waals surface area (Å²) in [6, 6.07) is 7.93. The lowest BCUT2D eigenvalue weighted by Crippen LogP contribution is -2.35. The van der Waals surface area contributed by atoms with Crippen molar-refractivity contribution in [2.24, 2.45) is 5.92 Å². The van der Waals surface area contributed by atoms with Crippen LogP contribution in [0.15, 0.2) is 24.3 Å². The zero-order chi connectivity index (χ0) is 17.5. The summed E-state index contributed by atoms with van der Waals surface area (Å²) >= 11 is 0. The molecule has 1 fully saturated rings. The number of hydrogen-bond donors (Lipinski definition) is 3. The highest BCUT2D eigenvalue weighted by molar-refractivity contribution is 7.45. The van der Waals surface area contributed by atoms with Crippen LogP contribution in [0.1, 0.15) is 42.1 Å². The first-order valence-electron chi connectivity index (χ1n) is 7.78. The molecule has 6 nitrogen and oxygen atoms in total. The molecule has 1 aliphatic rings. The molecule has 0 amide bonds. The van der Waals surface area contributed by atoms with Crippen LogP contribution < -0.4 is 0 Å². The number of carbonyl (C=O) groups excluding carboxylic acids is 1. The molecule has 1 aliphatic heterocycles. The van der Waals surface area contributed by atoms with Crippen LogP contribution in [0, 0.1) is 12.8 Å². The van der Waals surface area contributed by atoms with Crippen LogP contribution in [0.4, 0.5) is 0 Å². The molecule has 0 spiro atoms. The number of Topliss-reactive ketones (excluding diaryl/α,β-unsaturated/α-hetero) is 1. The molecule has 0 aliphatic carbocycles. The molecular weight excluding hydrogens is 317 g/mol. The molecule has 130 valence electrons. The second kappa shape index (κ2) is 9.30. The highest BCUT2D eigenvalue weighted by atomic mass is 31.2. The predicted octanol–water partition coefficient (Wildman–Crippen LogP) is 2.37. The number of hydrogen-bond acceptors (Lipinski definition) is 3. The van der Waals surface area contributed by atoms with Gasteiger partial charge in [-0.25, -0.2) is 4.57 Å². The molecule has 0 unspecified atom stereocenters. The van der Waals surface area contributed by atoms with E-state index in [0.717, 1.165) is 25.2 Å². The first kappa shape index (κ1) is 20.0. The molecule has 1 heterocycles. The number of carbonyl (C=O) groups is 1. The van der Waals surface area contributed by atoms with E-state index >= 15 is 0 Å². The Morgan fingerprint density at radius 2 is 1.61 bits per heavy atom. The lowest BCUT2D eigenvalue weighted by molar-refractivity contribution is 0.0883. The van der Waals surface area contributed by atoms with Crippen LogP contribution in [0.3, 0.4) is 0 Å². The Hall–Kier alpha value is -1.04. The maximum absolute atomic E-state index is 12.3. The van der Waals surface area contributed by atoms with Crippen molar-refractivity contribution in [3.05, 3.63) is 35.4 Å². The predicted molar refractivity (Wildman–Crippen MR) is 89.2 cm³/mol. The van der Waals surface area contributed by atoms with Crippen LogP contribution in [0.2, 0.25) is 0 Å². The summed E-state index contributed by atoms with van der Waals surface area (Å²) in [4.78, 5) is 36.3. The molecule has 23 heavy (non-hydrogen) atoms. The van der Waals surface area contributed by atoms with E-state index in [1.165, 1.54) is 24.8 Å². The van der Waals surface area contributed by atoms with Crippen LogP contribution in [0.25, 0.3) is 0 Å². The van der Waals surface area contributed by atoms with Gasteiger partial charge in [-0.3, -0.25) is 4.79 Å². The Morgan fingerprint density at radius 1 is 1.13 bits per heavy atom. The van der Waals surface area contributed by atoms with Crippen molar-refractivity contribution >= 4 is 13.6 Å².